The number of nitrogens with zero attached hydrogens (tertiary/aromatic N) is 1. The fourth-order valence-corrected chi connectivity index (χ4v) is 9.59. The number of hydrogen-bond donors (Lipinski definition) is 0. The van der Waals surface area contributed by atoms with Crippen LogP contribution in [0.1, 0.15) is 0 Å². The minimum Gasteiger partial charge on any atom is -0.309 e. The van der Waals surface area contributed by atoms with Crippen LogP contribution < -0.4 is 4.90 Å². The van der Waals surface area contributed by atoms with Gasteiger partial charge in [-0.05, 0) is 108 Å². The Morgan fingerprint density at radius 3 is 1.72 bits per heavy atom. The van der Waals surface area contributed by atoms with Crippen LogP contribution in [0.4, 0.5) is 17.1 Å². The molecule has 10 aromatic carbocycles. The van der Waals surface area contributed by atoms with E-state index < -0.39 is 0 Å². The van der Waals surface area contributed by atoms with Crippen LogP contribution in [0.25, 0.3) is 85.5 Å². The Kier molecular flexibility index (Phi) is 7.11. The maximum Gasteiger partial charge on any atom is 0.0633 e. The lowest BCUT2D eigenvalue weighted by molar-refractivity contribution is 1.32. The lowest BCUT2D eigenvalue weighted by Crippen LogP contribution is -2.11. The zero-order valence-corrected chi connectivity index (χ0v) is 30.2. The Morgan fingerprint density at radius 1 is 0.315 bits per heavy atom. The number of anilines is 3. The molecule has 0 saturated carbocycles. The Hall–Kier alpha value is -6.74. The van der Waals surface area contributed by atoms with Gasteiger partial charge in [-0.2, -0.15) is 0 Å². The van der Waals surface area contributed by atoms with E-state index in [9.17, 15) is 0 Å². The molecule has 0 bridgehead atoms. The highest BCUT2D eigenvalue weighted by Gasteiger charge is 2.22. The first kappa shape index (κ1) is 30.8. The monoisotopic (exact) mass is 703 g/mol. The third-order valence-electron chi connectivity index (χ3n) is 11.0. The number of fused-ring (bicyclic) bond motifs is 8. The predicted octanol–water partition coefficient (Wildman–Crippen LogP) is 15.5. The van der Waals surface area contributed by atoms with Crippen molar-refractivity contribution < 1.29 is 0 Å². The first-order valence-corrected chi connectivity index (χ1v) is 19.3. The third-order valence-corrected chi connectivity index (χ3v) is 12.1. The summed E-state index contributed by atoms with van der Waals surface area (Å²) >= 11 is 1.88. The van der Waals surface area contributed by atoms with Crippen molar-refractivity contribution in [2.24, 2.45) is 0 Å². The van der Waals surface area contributed by atoms with Gasteiger partial charge in [0.2, 0.25) is 0 Å². The minimum absolute atomic E-state index is 1.12. The van der Waals surface area contributed by atoms with E-state index in [1.807, 2.05) is 11.3 Å². The van der Waals surface area contributed by atoms with Gasteiger partial charge in [-0.15, -0.1) is 11.3 Å². The fourth-order valence-electron chi connectivity index (χ4n) is 8.43. The van der Waals surface area contributed by atoms with Gasteiger partial charge >= 0.3 is 0 Å². The van der Waals surface area contributed by atoms with E-state index in [2.05, 4.69) is 205 Å². The molecule has 0 amide bonds. The average molecular weight is 704 g/mol. The van der Waals surface area contributed by atoms with E-state index in [-0.39, 0.29) is 0 Å². The van der Waals surface area contributed by atoms with Gasteiger partial charge in [0, 0.05) is 36.9 Å². The predicted molar refractivity (Wildman–Crippen MR) is 235 cm³/mol. The summed E-state index contributed by atoms with van der Waals surface area (Å²) in [6, 6.07) is 73.6. The average Bonchev–Trinajstić information content (AvgIpc) is 3.61. The Morgan fingerprint density at radius 2 is 0.907 bits per heavy atom. The van der Waals surface area contributed by atoms with Crippen molar-refractivity contribution in [3.05, 3.63) is 200 Å². The molecule has 54 heavy (non-hydrogen) atoms. The maximum atomic E-state index is 2.50. The number of hydrogen-bond acceptors (Lipinski definition) is 2. The van der Waals surface area contributed by atoms with E-state index in [1.54, 1.807) is 0 Å². The molecule has 0 unspecified atom stereocenters. The van der Waals surface area contributed by atoms with Gasteiger partial charge in [-0.1, -0.05) is 152 Å². The number of benzene rings is 10. The molecule has 1 nitrogen and oxygen atoms in total. The van der Waals surface area contributed by atoms with Crippen LogP contribution in [0.5, 0.6) is 0 Å². The molecule has 0 spiro atoms. The quantitative estimate of drug-likeness (QED) is 0.161. The summed E-state index contributed by atoms with van der Waals surface area (Å²) in [7, 11) is 0. The van der Waals surface area contributed by atoms with Crippen LogP contribution in [-0.2, 0) is 0 Å². The second-order valence-electron chi connectivity index (χ2n) is 14.1. The van der Waals surface area contributed by atoms with Crippen LogP contribution >= 0.6 is 11.3 Å². The van der Waals surface area contributed by atoms with Crippen LogP contribution in [0, 0.1) is 0 Å². The lowest BCUT2D eigenvalue weighted by atomic mass is 9.92. The lowest BCUT2D eigenvalue weighted by Gasteiger charge is -2.28. The first-order chi connectivity index (χ1) is 26.8. The largest absolute Gasteiger partial charge is 0.309 e. The van der Waals surface area contributed by atoms with E-state index in [0.717, 1.165) is 11.4 Å². The number of thiophene rings is 1. The van der Waals surface area contributed by atoms with Gasteiger partial charge in [0.25, 0.3) is 0 Å². The molecule has 2 heteroatoms. The zero-order chi connectivity index (χ0) is 35.6. The standard InChI is InChI=1S/C52H33NS/c1-2-12-34(13-3-1)35-24-27-41(28-25-35)53(52-44-17-7-5-15-38(44)33-50-51(52)47-20-10-11-21-49(47)54-50)42-29-26-36-22-23-39(30-40(36)31-42)48-32-37-14-4-6-16-43(37)45-18-8-9-19-46(45)48/h1-33H. The van der Waals surface area contributed by atoms with Crippen LogP contribution in [0.15, 0.2) is 200 Å². The van der Waals surface area contributed by atoms with Crippen LogP contribution in [0.2, 0.25) is 0 Å². The topological polar surface area (TPSA) is 3.24 Å². The van der Waals surface area contributed by atoms with Crippen molar-refractivity contribution in [3.63, 3.8) is 0 Å². The third kappa shape index (κ3) is 4.99. The van der Waals surface area contributed by atoms with Gasteiger partial charge in [-0.3, -0.25) is 0 Å². The summed E-state index contributed by atoms with van der Waals surface area (Å²) < 4.78 is 2.59. The maximum absolute atomic E-state index is 2.50. The highest BCUT2D eigenvalue weighted by molar-refractivity contribution is 7.26. The Balaban J connectivity index is 1.17. The van der Waals surface area contributed by atoms with Gasteiger partial charge in [0.05, 0.1) is 5.69 Å². The summed E-state index contributed by atoms with van der Waals surface area (Å²) in [5.41, 5.74) is 8.36. The molecular formula is C52H33NS. The van der Waals surface area contributed by atoms with Crippen molar-refractivity contribution in [2.45, 2.75) is 0 Å². The van der Waals surface area contributed by atoms with Gasteiger partial charge in [-0.25, -0.2) is 0 Å². The van der Waals surface area contributed by atoms with E-state index in [0.29, 0.717) is 0 Å². The summed E-state index contributed by atoms with van der Waals surface area (Å²) in [5, 5.41) is 12.6. The molecule has 0 radical (unpaired) electrons. The molecule has 11 rings (SSSR count). The van der Waals surface area contributed by atoms with Gasteiger partial charge < -0.3 is 4.90 Å². The molecule has 252 valence electrons. The Bertz CT molecular complexity index is 3210. The van der Waals surface area contributed by atoms with Crippen molar-refractivity contribution >= 4 is 91.7 Å². The van der Waals surface area contributed by atoms with Crippen molar-refractivity contribution in [2.75, 3.05) is 4.90 Å². The summed E-state index contributed by atoms with van der Waals surface area (Å²) in [6.07, 6.45) is 0. The zero-order valence-electron chi connectivity index (χ0n) is 29.4. The highest BCUT2D eigenvalue weighted by atomic mass is 32.1. The molecule has 0 fully saturated rings. The molecule has 0 saturated heterocycles. The molecule has 0 aliphatic heterocycles. The molecule has 1 aromatic heterocycles. The SMILES string of the molecule is c1ccc(-c2ccc(N(c3ccc4ccc(-c5cc6ccccc6c6ccccc56)cc4c3)c3c4ccccc4cc4sc5ccccc5c34)cc2)cc1. The smallest absolute Gasteiger partial charge is 0.0633 e. The molecule has 0 N–H and O–H groups in total. The van der Waals surface area contributed by atoms with Crippen molar-refractivity contribution in [1.82, 2.24) is 0 Å². The first-order valence-electron chi connectivity index (χ1n) is 18.5. The summed E-state index contributed by atoms with van der Waals surface area (Å²) in [5.74, 6) is 0. The van der Waals surface area contributed by atoms with Crippen LogP contribution in [0.3, 0.4) is 0 Å². The van der Waals surface area contributed by atoms with E-state index >= 15 is 0 Å². The highest BCUT2D eigenvalue weighted by Crippen LogP contribution is 2.49. The van der Waals surface area contributed by atoms with Gasteiger partial charge in [0.1, 0.15) is 0 Å². The molecule has 0 aliphatic carbocycles. The van der Waals surface area contributed by atoms with Crippen molar-refractivity contribution in [3.8, 4) is 22.3 Å². The van der Waals surface area contributed by atoms with Gasteiger partial charge in [0.15, 0.2) is 0 Å². The Labute approximate surface area is 317 Å². The van der Waals surface area contributed by atoms with Crippen molar-refractivity contribution in [1.29, 1.82) is 0 Å². The minimum atomic E-state index is 1.12. The second kappa shape index (κ2) is 12.4. The molecular weight excluding hydrogens is 671 g/mol. The summed E-state index contributed by atoms with van der Waals surface area (Å²) in [4.78, 5) is 2.50. The van der Waals surface area contributed by atoms with E-state index in [4.69, 9.17) is 0 Å². The summed E-state index contributed by atoms with van der Waals surface area (Å²) in [6.45, 7) is 0. The van der Waals surface area contributed by atoms with E-state index in [1.165, 1.54) is 91.2 Å². The molecule has 11 aromatic rings. The second-order valence-corrected chi connectivity index (χ2v) is 15.2. The fraction of sp³-hybridized carbons (Fsp3) is 0. The molecule has 1 heterocycles. The van der Waals surface area contributed by atoms with Crippen LogP contribution in [-0.4, -0.2) is 0 Å². The normalized spacial score (nSPS) is 11.7. The number of rotatable bonds is 5. The molecule has 0 aliphatic rings. The molecule has 0 atom stereocenters.